The third-order valence-electron chi connectivity index (χ3n) is 3.47. The molecular formula is C13H18BrFN2. The summed E-state index contributed by atoms with van der Waals surface area (Å²) in [5.74, 6) is -0.221. The van der Waals surface area contributed by atoms with Crippen molar-refractivity contribution in [1.29, 1.82) is 0 Å². The van der Waals surface area contributed by atoms with Crippen molar-refractivity contribution in [3.8, 4) is 0 Å². The Hall–Kier alpha value is -0.450. The second-order valence-electron chi connectivity index (χ2n) is 4.55. The summed E-state index contributed by atoms with van der Waals surface area (Å²) < 4.78 is 13.8. The molecule has 0 radical (unpaired) electrons. The van der Waals surface area contributed by atoms with Crippen molar-refractivity contribution in [2.75, 3.05) is 13.1 Å². The Labute approximate surface area is 110 Å². The molecule has 1 saturated heterocycles. The minimum atomic E-state index is -0.221. The van der Waals surface area contributed by atoms with Gasteiger partial charge in [0.15, 0.2) is 0 Å². The molecule has 1 heterocycles. The van der Waals surface area contributed by atoms with Crippen LogP contribution in [0.25, 0.3) is 0 Å². The molecule has 1 aromatic carbocycles. The highest BCUT2D eigenvalue weighted by molar-refractivity contribution is 9.10. The Balaban J connectivity index is 2.31. The summed E-state index contributed by atoms with van der Waals surface area (Å²) in [5.41, 5.74) is 7.32. The minimum absolute atomic E-state index is 0.140. The van der Waals surface area contributed by atoms with Gasteiger partial charge in [0.1, 0.15) is 5.82 Å². The number of nitrogens with zero attached hydrogens (tertiary/aromatic N) is 1. The molecule has 0 saturated carbocycles. The van der Waals surface area contributed by atoms with Gasteiger partial charge in [-0.3, -0.25) is 4.90 Å². The number of benzene rings is 1. The molecule has 2 nitrogen and oxygen atoms in total. The molecule has 0 aliphatic carbocycles. The van der Waals surface area contributed by atoms with Crippen molar-refractivity contribution in [3.05, 3.63) is 34.1 Å². The van der Waals surface area contributed by atoms with Crippen molar-refractivity contribution < 1.29 is 4.39 Å². The molecule has 2 atom stereocenters. The van der Waals surface area contributed by atoms with Crippen LogP contribution in [-0.2, 0) is 0 Å². The van der Waals surface area contributed by atoms with Crippen LogP contribution < -0.4 is 5.73 Å². The standard InChI is InChI=1S/C13H18BrFN2/c1-2-17-7-3-4-12(16)13(17)9-5-6-11(15)10(14)8-9/h5-6,8,12-13H,2-4,7,16H2,1H3. The summed E-state index contributed by atoms with van der Waals surface area (Å²) in [7, 11) is 0. The lowest BCUT2D eigenvalue weighted by Gasteiger charge is -2.39. The van der Waals surface area contributed by atoms with E-state index in [0.29, 0.717) is 4.47 Å². The Kier molecular flexibility index (Phi) is 4.17. The van der Waals surface area contributed by atoms with Gasteiger partial charge >= 0.3 is 0 Å². The maximum atomic E-state index is 13.3. The third-order valence-corrected chi connectivity index (χ3v) is 4.08. The Morgan fingerprint density at radius 2 is 2.29 bits per heavy atom. The zero-order valence-electron chi connectivity index (χ0n) is 10.00. The van der Waals surface area contributed by atoms with Gasteiger partial charge in [0.2, 0.25) is 0 Å². The lowest BCUT2D eigenvalue weighted by Crippen LogP contribution is -2.45. The predicted molar refractivity (Wildman–Crippen MR) is 71.3 cm³/mol. The Bertz CT molecular complexity index is 397. The fraction of sp³-hybridized carbons (Fsp3) is 0.538. The highest BCUT2D eigenvalue weighted by atomic mass is 79.9. The summed E-state index contributed by atoms with van der Waals surface area (Å²) in [5, 5.41) is 0. The molecule has 1 fully saturated rings. The van der Waals surface area contributed by atoms with Crippen LogP contribution in [0.2, 0.25) is 0 Å². The van der Waals surface area contributed by atoms with Gasteiger partial charge in [0.25, 0.3) is 0 Å². The van der Waals surface area contributed by atoms with E-state index in [2.05, 4.69) is 27.8 Å². The monoisotopic (exact) mass is 300 g/mol. The largest absolute Gasteiger partial charge is 0.326 e. The second-order valence-corrected chi connectivity index (χ2v) is 5.41. The molecule has 0 spiro atoms. The maximum absolute atomic E-state index is 13.3. The molecule has 0 amide bonds. The zero-order chi connectivity index (χ0) is 12.4. The Morgan fingerprint density at radius 1 is 1.53 bits per heavy atom. The topological polar surface area (TPSA) is 29.3 Å². The lowest BCUT2D eigenvalue weighted by molar-refractivity contribution is 0.136. The van der Waals surface area contributed by atoms with E-state index in [1.165, 1.54) is 6.07 Å². The van der Waals surface area contributed by atoms with E-state index in [1.54, 1.807) is 0 Å². The highest BCUT2D eigenvalue weighted by Gasteiger charge is 2.29. The van der Waals surface area contributed by atoms with Gasteiger partial charge in [0, 0.05) is 12.1 Å². The zero-order valence-corrected chi connectivity index (χ0v) is 11.6. The van der Waals surface area contributed by atoms with Crippen LogP contribution in [-0.4, -0.2) is 24.0 Å². The molecule has 0 aromatic heterocycles. The number of piperidine rings is 1. The molecule has 0 bridgehead atoms. The van der Waals surface area contributed by atoms with E-state index in [-0.39, 0.29) is 17.9 Å². The molecule has 1 aliphatic heterocycles. The van der Waals surface area contributed by atoms with E-state index in [1.807, 2.05) is 12.1 Å². The molecule has 17 heavy (non-hydrogen) atoms. The Morgan fingerprint density at radius 3 is 2.94 bits per heavy atom. The van der Waals surface area contributed by atoms with Gasteiger partial charge in [-0.05, 0) is 59.6 Å². The number of rotatable bonds is 2. The number of halogens is 2. The SMILES string of the molecule is CCN1CCCC(N)C1c1ccc(F)c(Br)c1. The van der Waals surface area contributed by atoms with Crippen molar-refractivity contribution in [2.24, 2.45) is 5.73 Å². The third kappa shape index (κ3) is 2.69. The first-order valence-electron chi connectivity index (χ1n) is 6.08. The van der Waals surface area contributed by atoms with Gasteiger partial charge in [-0.2, -0.15) is 0 Å². The van der Waals surface area contributed by atoms with Crippen molar-refractivity contribution >= 4 is 15.9 Å². The average Bonchev–Trinajstić information content (AvgIpc) is 2.32. The summed E-state index contributed by atoms with van der Waals surface area (Å²) in [6.45, 7) is 4.20. The predicted octanol–water partition coefficient (Wildman–Crippen LogP) is 3.07. The first-order valence-corrected chi connectivity index (χ1v) is 6.87. The number of nitrogens with two attached hydrogens (primary N) is 1. The molecule has 94 valence electrons. The van der Waals surface area contributed by atoms with Crippen molar-refractivity contribution in [2.45, 2.75) is 31.8 Å². The average molecular weight is 301 g/mol. The fourth-order valence-corrected chi connectivity index (χ4v) is 3.00. The van der Waals surface area contributed by atoms with Crippen LogP contribution in [0, 0.1) is 5.82 Å². The molecule has 2 unspecified atom stereocenters. The van der Waals surface area contributed by atoms with Crippen LogP contribution in [0.5, 0.6) is 0 Å². The molecular weight excluding hydrogens is 283 g/mol. The summed E-state index contributed by atoms with van der Waals surface area (Å²) in [6.07, 6.45) is 2.18. The first-order chi connectivity index (χ1) is 8.13. The molecule has 1 aliphatic rings. The van der Waals surface area contributed by atoms with Crippen LogP contribution >= 0.6 is 15.9 Å². The van der Waals surface area contributed by atoms with Crippen LogP contribution in [0.4, 0.5) is 4.39 Å². The van der Waals surface area contributed by atoms with Gasteiger partial charge in [-0.25, -0.2) is 4.39 Å². The van der Waals surface area contributed by atoms with Crippen LogP contribution in [0.15, 0.2) is 22.7 Å². The molecule has 4 heteroatoms. The quantitative estimate of drug-likeness (QED) is 0.909. The van der Waals surface area contributed by atoms with Crippen LogP contribution in [0.1, 0.15) is 31.4 Å². The van der Waals surface area contributed by atoms with Gasteiger partial charge in [-0.1, -0.05) is 13.0 Å². The van der Waals surface area contributed by atoms with Crippen molar-refractivity contribution in [3.63, 3.8) is 0 Å². The van der Waals surface area contributed by atoms with E-state index < -0.39 is 0 Å². The summed E-state index contributed by atoms with van der Waals surface area (Å²) >= 11 is 3.24. The lowest BCUT2D eigenvalue weighted by atomic mass is 9.91. The van der Waals surface area contributed by atoms with Crippen molar-refractivity contribution in [1.82, 2.24) is 4.90 Å². The number of hydrogen-bond donors (Lipinski definition) is 1. The minimum Gasteiger partial charge on any atom is -0.326 e. The van der Waals surface area contributed by atoms with E-state index in [9.17, 15) is 4.39 Å². The van der Waals surface area contributed by atoms with E-state index >= 15 is 0 Å². The first kappa shape index (κ1) is 13.0. The van der Waals surface area contributed by atoms with E-state index in [4.69, 9.17) is 5.73 Å². The number of hydrogen-bond acceptors (Lipinski definition) is 2. The van der Waals surface area contributed by atoms with Gasteiger partial charge in [-0.15, -0.1) is 0 Å². The smallest absolute Gasteiger partial charge is 0.137 e. The normalized spacial score (nSPS) is 26.1. The summed E-state index contributed by atoms with van der Waals surface area (Å²) in [4.78, 5) is 2.37. The van der Waals surface area contributed by atoms with Gasteiger partial charge < -0.3 is 5.73 Å². The van der Waals surface area contributed by atoms with E-state index in [0.717, 1.165) is 31.5 Å². The second kappa shape index (κ2) is 5.46. The number of likely N-dealkylation sites (N-methyl/N-ethyl adjacent to an activating group) is 1. The van der Waals surface area contributed by atoms with Crippen LogP contribution in [0.3, 0.4) is 0 Å². The molecule has 2 N–H and O–H groups in total. The summed E-state index contributed by atoms with van der Waals surface area (Å²) in [6, 6.07) is 5.56. The number of likely N-dealkylation sites (tertiary alicyclic amines) is 1. The maximum Gasteiger partial charge on any atom is 0.137 e. The molecule has 1 aromatic rings. The fourth-order valence-electron chi connectivity index (χ4n) is 2.61. The highest BCUT2D eigenvalue weighted by Crippen LogP contribution is 2.31. The van der Waals surface area contributed by atoms with Gasteiger partial charge in [0.05, 0.1) is 4.47 Å². The molecule has 2 rings (SSSR count).